The van der Waals surface area contributed by atoms with E-state index in [1.807, 2.05) is 60.4 Å². The van der Waals surface area contributed by atoms with Gasteiger partial charge in [0.05, 0.1) is 40.9 Å². The Labute approximate surface area is 218 Å². The Morgan fingerprint density at radius 1 is 0.974 bits per heavy atom. The van der Waals surface area contributed by atoms with E-state index in [1.165, 1.54) is 0 Å². The number of nitrogens with zero attached hydrogens (tertiary/aromatic N) is 4. The number of rotatable bonds is 4. The van der Waals surface area contributed by atoms with Crippen LogP contribution >= 0.6 is 0 Å². The number of aromatic nitrogens is 3. The molecule has 0 saturated carbocycles. The number of nitrogen functional groups attached to an aromatic ring is 4. The van der Waals surface area contributed by atoms with Gasteiger partial charge in [0.25, 0.3) is 5.91 Å². The summed E-state index contributed by atoms with van der Waals surface area (Å²) in [5.41, 5.74) is 29.2. The second kappa shape index (κ2) is 9.58. The zero-order chi connectivity index (χ0) is 27.0. The highest BCUT2D eigenvalue weighted by atomic mass is 16.1. The smallest absolute Gasteiger partial charge is 0.391 e. The van der Waals surface area contributed by atoms with Crippen LogP contribution in [0, 0.1) is 0 Å². The van der Waals surface area contributed by atoms with E-state index in [0.29, 0.717) is 40.1 Å². The lowest BCUT2D eigenvalue weighted by atomic mass is 10.1. The number of pyridine rings is 1. The number of carbonyl (C=O) groups is 1. The molecule has 5 rings (SSSR count). The summed E-state index contributed by atoms with van der Waals surface area (Å²) in [6, 6.07) is 20.0. The van der Waals surface area contributed by atoms with E-state index in [0.717, 1.165) is 27.4 Å². The molecule has 10 heteroatoms. The van der Waals surface area contributed by atoms with Crippen LogP contribution in [0.3, 0.4) is 0 Å². The number of nitrogens with two attached hydrogens (primary N) is 4. The number of benzene rings is 3. The van der Waals surface area contributed by atoms with Crippen molar-refractivity contribution in [2.75, 3.05) is 28.3 Å². The fourth-order valence-corrected chi connectivity index (χ4v) is 4.22. The molecule has 2 heterocycles. The predicted octanol–water partition coefficient (Wildman–Crippen LogP) is 2.88. The molecule has 10 nitrogen and oxygen atoms in total. The van der Waals surface area contributed by atoms with Gasteiger partial charge in [-0.2, -0.15) is 0 Å². The second-order valence-electron chi connectivity index (χ2n) is 9.01. The van der Waals surface area contributed by atoms with Gasteiger partial charge in [-0.3, -0.25) is 10.5 Å². The van der Waals surface area contributed by atoms with Gasteiger partial charge in [-0.1, -0.05) is 17.1 Å². The van der Waals surface area contributed by atoms with Gasteiger partial charge in [0.15, 0.2) is 0 Å². The topological polar surface area (TPSA) is 167 Å². The normalized spacial score (nSPS) is 11.6. The molecule has 0 fully saturated rings. The summed E-state index contributed by atoms with van der Waals surface area (Å²) < 4.78 is 3.69. The fraction of sp³-hybridized carbons (Fsp3) is 0.0714. The van der Waals surface area contributed by atoms with Crippen LogP contribution in [0.25, 0.3) is 22.0 Å². The summed E-state index contributed by atoms with van der Waals surface area (Å²) in [5.74, 6) is 0.325. The summed E-state index contributed by atoms with van der Waals surface area (Å²) in [5, 5.41) is 4.56. The van der Waals surface area contributed by atoms with Crippen molar-refractivity contribution in [1.82, 2.24) is 9.55 Å². The number of hydrogen-bond donors (Lipinski definition) is 5. The lowest BCUT2D eigenvalue weighted by Crippen LogP contribution is -2.33. The maximum atomic E-state index is 13.0. The van der Waals surface area contributed by atoms with Gasteiger partial charge < -0.3 is 27.1 Å². The van der Waals surface area contributed by atoms with Gasteiger partial charge in [-0.05, 0) is 60.2 Å². The van der Waals surface area contributed by atoms with Gasteiger partial charge in [0.1, 0.15) is 0 Å². The second-order valence-corrected chi connectivity index (χ2v) is 9.01. The quantitative estimate of drug-likeness (QED) is 0.186. The molecule has 190 valence electrons. The first-order valence-corrected chi connectivity index (χ1v) is 11.8. The van der Waals surface area contributed by atoms with E-state index in [-0.39, 0.29) is 5.91 Å². The van der Waals surface area contributed by atoms with Crippen molar-refractivity contribution in [2.45, 2.75) is 0 Å². The van der Waals surface area contributed by atoms with E-state index in [2.05, 4.69) is 10.3 Å². The first kappa shape index (κ1) is 24.3. The third-order valence-electron chi connectivity index (χ3n) is 6.31. The molecule has 2 aromatic heterocycles. The maximum absolute atomic E-state index is 13.0. The Morgan fingerprint density at radius 3 is 2.47 bits per heavy atom. The number of carbonyl (C=O) groups excluding carboxylic acids is 1. The predicted molar refractivity (Wildman–Crippen MR) is 151 cm³/mol. The monoisotopic (exact) mass is 506 g/mol. The van der Waals surface area contributed by atoms with Crippen LogP contribution in [0.4, 0.5) is 34.5 Å². The Morgan fingerprint density at radius 2 is 1.74 bits per heavy atom. The Bertz CT molecular complexity index is 1770. The SMILES string of the molecule is Cn1ccc(=Nc2ccc(C(=O)Nc3ccc(-c4c[n+](C)c(N)nc4N)cc3)c(N)c2)c2cc(N)ccc21. The molecule has 0 atom stereocenters. The van der Waals surface area contributed by atoms with Crippen LogP contribution in [0.1, 0.15) is 10.4 Å². The third kappa shape index (κ3) is 4.70. The highest BCUT2D eigenvalue weighted by molar-refractivity contribution is 6.08. The fourth-order valence-electron chi connectivity index (χ4n) is 4.22. The van der Waals surface area contributed by atoms with Crippen LogP contribution in [-0.4, -0.2) is 15.5 Å². The lowest BCUT2D eigenvalue weighted by Gasteiger charge is -2.10. The third-order valence-corrected chi connectivity index (χ3v) is 6.31. The largest absolute Gasteiger partial charge is 0.399 e. The lowest BCUT2D eigenvalue weighted by molar-refractivity contribution is -0.658. The molecule has 0 saturated heterocycles. The van der Waals surface area contributed by atoms with Crippen LogP contribution in [-0.2, 0) is 14.1 Å². The first-order chi connectivity index (χ1) is 18.2. The highest BCUT2D eigenvalue weighted by Crippen LogP contribution is 2.26. The summed E-state index contributed by atoms with van der Waals surface area (Å²) in [6.07, 6.45) is 3.75. The first-order valence-electron chi connectivity index (χ1n) is 11.8. The average molecular weight is 507 g/mol. The van der Waals surface area contributed by atoms with Crippen molar-refractivity contribution in [3.8, 4) is 11.1 Å². The Hall–Kier alpha value is -5.38. The summed E-state index contributed by atoms with van der Waals surface area (Å²) in [6.45, 7) is 0. The number of hydrogen-bond acceptors (Lipinski definition) is 7. The van der Waals surface area contributed by atoms with E-state index in [9.17, 15) is 4.79 Å². The van der Waals surface area contributed by atoms with Crippen molar-refractivity contribution in [3.05, 3.63) is 90.0 Å². The molecule has 0 radical (unpaired) electrons. The van der Waals surface area contributed by atoms with Gasteiger partial charge in [0.2, 0.25) is 5.82 Å². The number of amides is 1. The zero-order valence-corrected chi connectivity index (χ0v) is 21.0. The molecule has 0 aliphatic rings. The van der Waals surface area contributed by atoms with Gasteiger partial charge >= 0.3 is 5.95 Å². The standard InChI is InChI=1S/C28H27N9O/c1-36-12-11-24(21-13-17(29)5-10-25(21)36)33-19-8-9-20(23(30)14-19)27(38)34-18-6-3-16(4-7-18)22-15-37(2)28(32)35-26(22)31/h3-15H,29H2,1-2H3,(H6,30,31,32,34,35,38)/p+1. The number of fused-ring (bicyclic) bond motifs is 1. The molecule has 5 aromatic rings. The van der Waals surface area contributed by atoms with Crippen molar-refractivity contribution in [2.24, 2.45) is 19.1 Å². The van der Waals surface area contributed by atoms with Gasteiger partial charge in [-0.25, -0.2) is 9.56 Å². The number of anilines is 5. The minimum Gasteiger partial charge on any atom is -0.399 e. The molecular weight excluding hydrogens is 478 g/mol. The molecule has 0 aliphatic carbocycles. The Kier molecular flexibility index (Phi) is 6.13. The molecule has 3 aromatic carbocycles. The highest BCUT2D eigenvalue weighted by Gasteiger charge is 2.14. The van der Waals surface area contributed by atoms with Crippen molar-refractivity contribution < 1.29 is 9.36 Å². The van der Waals surface area contributed by atoms with E-state index >= 15 is 0 Å². The van der Waals surface area contributed by atoms with Crippen molar-refractivity contribution in [3.63, 3.8) is 0 Å². The molecule has 0 spiro atoms. The van der Waals surface area contributed by atoms with E-state index < -0.39 is 0 Å². The van der Waals surface area contributed by atoms with E-state index in [1.54, 1.807) is 41.9 Å². The minimum absolute atomic E-state index is 0.318. The van der Waals surface area contributed by atoms with Gasteiger partial charge in [0, 0.05) is 35.7 Å². The van der Waals surface area contributed by atoms with Crippen LogP contribution in [0.15, 0.2) is 84.1 Å². The Balaban J connectivity index is 1.38. The molecule has 1 amide bonds. The van der Waals surface area contributed by atoms with Crippen LogP contribution in [0.5, 0.6) is 0 Å². The molecule has 0 unspecified atom stereocenters. The summed E-state index contributed by atoms with van der Waals surface area (Å²) in [7, 11) is 3.76. The van der Waals surface area contributed by atoms with Crippen molar-refractivity contribution in [1.29, 1.82) is 0 Å². The number of nitrogens with one attached hydrogen (secondary N) is 1. The molecule has 9 N–H and O–H groups in total. The summed E-state index contributed by atoms with van der Waals surface area (Å²) >= 11 is 0. The summed E-state index contributed by atoms with van der Waals surface area (Å²) in [4.78, 5) is 21.9. The molecule has 0 aliphatic heterocycles. The molecule has 0 bridgehead atoms. The van der Waals surface area contributed by atoms with E-state index in [4.69, 9.17) is 27.9 Å². The zero-order valence-electron chi connectivity index (χ0n) is 21.0. The van der Waals surface area contributed by atoms with Crippen molar-refractivity contribution >= 4 is 51.3 Å². The average Bonchev–Trinajstić information content (AvgIpc) is 2.88. The molecular formula is C28H28N9O+. The minimum atomic E-state index is -0.327. The van der Waals surface area contributed by atoms with Gasteiger partial charge in [-0.15, -0.1) is 0 Å². The molecule has 38 heavy (non-hydrogen) atoms. The van der Waals surface area contributed by atoms with Crippen LogP contribution in [0.2, 0.25) is 0 Å². The van der Waals surface area contributed by atoms with Crippen LogP contribution < -0.4 is 38.2 Å². The number of aryl methyl sites for hydroxylation is 2. The maximum Gasteiger partial charge on any atom is 0.391 e.